The van der Waals surface area contributed by atoms with Gasteiger partial charge in [0.25, 0.3) is 11.6 Å². The van der Waals surface area contributed by atoms with Gasteiger partial charge in [-0.2, -0.15) is 5.10 Å². The lowest BCUT2D eigenvalue weighted by molar-refractivity contribution is -0.385. The van der Waals surface area contributed by atoms with Crippen molar-refractivity contribution in [1.82, 2.24) is 5.43 Å². The predicted molar refractivity (Wildman–Crippen MR) is 106 cm³/mol. The van der Waals surface area contributed by atoms with Crippen LogP contribution in [0.15, 0.2) is 46.0 Å². The minimum atomic E-state index is -0.538. The molecule has 11 heteroatoms. The summed E-state index contributed by atoms with van der Waals surface area (Å²) in [5.41, 5.74) is 2.78. The van der Waals surface area contributed by atoms with E-state index in [4.69, 9.17) is 14.2 Å². The number of nitro benzene ring substituents is 1. The molecule has 0 heterocycles. The number of carbonyl (C=O) groups is 2. The van der Waals surface area contributed by atoms with E-state index in [2.05, 4.69) is 26.5 Å². The van der Waals surface area contributed by atoms with E-state index in [1.54, 1.807) is 18.2 Å². The molecule has 2 aromatic carbocycles. The van der Waals surface area contributed by atoms with Crippen LogP contribution in [0.5, 0.6) is 17.2 Å². The van der Waals surface area contributed by atoms with Crippen LogP contribution in [0.4, 0.5) is 5.69 Å². The molecular formula is C18H16BrN3O7. The summed E-state index contributed by atoms with van der Waals surface area (Å²) in [6, 6.07) is 8.68. The molecule has 0 atom stereocenters. The van der Waals surface area contributed by atoms with Gasteiger partial charge in [-0.3, -0.25) is 19.7 Å². The standard InChI is InChI=1S/C18H16BrN3O7/c1-11(23)29-16-5-3-12(7-17(16)27-2)9-20-21-18(24)10-28-15-6-4-13(22(25)26)8-14(15)19/h3-9H,10H2,1-2H3,(H,21,24)/b20-9+. The number of benzene rings is 2. The third kappa shape index (κ3) is 6.57. The van der Waals surface area contributed by atoms with Crippen molar-refractivity contribution in [2.45, 2.75) is 6.92 Å². The third-order valence-corrected chi connectivity index (χ3v) is 3.95. The van der Waals surface area contributed by atoms with Crippen LogP contribution in [0.25, 0.3) is 0 Å². The fourth-order valence-corrected chi connectivity index (χ4v) is 2.56. The molecule has 0 aliphatic rings. The molecular weight excluding hydrogens is 450 g/mol. The highest BCUT2D eigenvalue weighted by molar-refractivity contribution is 9.10. The predicted octanol–water partition coefficient (Wildman–Crippen LogP) is 2.82. The second kappa shape index (κ2) is 10.2. The van der Waals surface area contributed by atoms with Crippen molar-refractivity contribution >= 4 is 39.7 Å². The number of hydrogen-bond acceptors (Lipinski definition) is 8. The van der Waals surface area contributed by atoms with Gasteiger partial charge in [0.2, 0.25) is 0 Å². The number of ether oxygens (including phenoxy) is 3. The Morgan fingerprint density at radius 2 is 1.93 bits per heavy atom. The van der Waals surface area contributed by atoms with E-state index in [1.807, 2.05) is 0 Å². The van der Waals surface area contributed by atoms with Crippen LogP contribution in [0, 0.1) is 10.1 Å². The fourth-order valence-electron chi connectivity index (χ4n) is 2.08. The highest BCUT2D eigenvalue weighted by atomic mass is 79.9. The number of methoxy groups -OCH3 is 1. The molecule has 0 saturated heterocycles. The summed E-state index contributed by atoms with van der Waals surface area (Å²) in [6.45, 7) is 0.935. The third-order valence-electron chi connectivity index (χ3n) is 3.33. The van der Waals surface area contributed by atoms with Crippen molar-refractivity contribution < 1.29 is 28.7 Å². The summed E-state index contributed by atoms with van der Waals surface area (Å²) in [5, 5.41) is 14.5. The number of nitrogens with one attached hydrogen (secondary N) is 1. The number of rotatable bonds is 8. The maximum Gasteiger partial charge on any atom is 0.308 e. The van der Waals surface area contributed by atoms with Crippen molar-refractivity contribution in [3.63, 3.8) is 0 Å². The zero-order valence-corrected chi connectivity index (χ0v) is 17.0. The van der Waals surface area contributed by atoms with Crippen LogP contribution in [0.2, 0.25) is 0 Å². The lowest BCUT2D eigenvalue weighted by Gasteiger charge is -2.08. The van der Waals surface area contributed by atoms with Gasteiger partial charge < -0.3 is 14.2 Å². The molecule has 1 N–H and O–H groups in total. The van der Waals surface area contributed by atoms with E-state index < -0.39 is 16.8 Å². The molecule has 0 radical (unpaired) electrons. The smallest absolute Gasteiger partial charge is 0.308 e. The van der Waals surface area contributed by atoms with Gasteiger partial charge in [-0.15, -0.1) is 0 Å². The van der Waals surface area contributed by atoms with Crippen molar-refractivity contribution in [2.75, 3.05) is 13.7 Å². The average Bonchev–Trinajstić information content (AvgIpc) is 2.67. The van der Waals surface area contributed by atoms with Gasteiger partial charge in [-0.05, 0) is 45.8 Å². The Bertz CT molecular complexity index is 962. The quantitative estimate of drug-likeness (QED) is 0.208. The van der Waals surface area contributed by atoms with E-state index in [1.165, 1.54) is 38.4 Å². The first-order valence-electron chi connectivity index (χ1n) is 8.05. The minimum Gasteiger partial charge on any atom is -0.493 e. The van der Waals surface area contributed by atoms with Gasteiger partial charge in [0.1, 0.15) is 5.75 Å². The van der Waals surface area contributed by atoms with Crippen LogP contribution in [-0.2, 0) is 9.59 Å². The Morgan fingerprint density at radius 1 is 1.21 bits per heavy atom. The summed E-state index contributed by atoms with van der Waals surface area (Å²) in [5.74, 6) is -0.128. The first-order chi connectivity index (χ1) is 13.8. The number of hydrazone groups is 1. The molecule has 0 aliphatic heterocycles. The molecule has 29 heavy (non-hydrogen) atoms. The lowest BCUT2D eigenvalue weighted by Crippen LogP contribution is -2.24. The Kier molecular flexibility index (Phi) is 7.66. The fraction of sp³-hybridized carbons (Fsp3) is 0.167. The molecule has 2 rings (SSSR count). The van der Waals surface area contributed by atoms with E-state index in [-0.39, 0.29) is 23.8 Å². The number of carbonyl (C=O) groups excluding carboxylic acids is 2. The Hall–Kier alpha value is -3.47. The zero-order valence-electron chi connectivity index (χ0n) is 15.4. The Balaban J connectivity index is 1.91. The van der Waals surface area contributed by atoms with Gasteiger partial charge in [0.15, 0.2) is 18.1 Å². The van der Waals surface area contributed by atoms with Crippen molar-refractivity contribution in [2.24, 2.45) is 5.10 Å². The maximum absolute atomic E-state index is 11.8. The van der Waals surface area contributed by atoms with E-state index in [9.17, 15) is 19.7 Å². The van der Waals surface area contributed by atoms with Crippen LogP contribution in [-0.4, -0.2) is 36.7 Å². The monoisotopic (exact) mass is 465 g/mol. The van der Waals surface area contributed by atoms with Gasteiger partial charge in [-0.25, -0.2) is 5.43 Å². The molecule has 0 unspecified atom stereocenters. The number of amides is 1. The van der Waals surface area contributed by atoms with Crippen molar-refractivity contribution in [3.8, 4) is 17.2 Å². The summed E-state index contributed by atoms with van der Waals surface area (Å²) in [4.78, 5) is 33.1. The van der Waals surface area contributed by atoms with Gasteiger partial charge in [0.05, 0.1) is 22.7 Å². The van der Waals surface area contributed by atoms with Gasteiger partial charge >= 0.3 is 5.97 Å². The number of hydrogen-bond donors (Lipinski definition) is 1. The van der Waals surface area contributed by atoms with Crippen molar-refractivity contribution in [3.05, 3.63) is 56.5 Å². The second-order valence-electron chi connectivity index (χ2n) is 5.46. The summed E-state index contributed by atoms with van der Waals surface area (Å²) in [6.07, 6.45) is 1.37. The summed E-state index contributed by atoms with van der Waals surface area (Å²) < 4.78 is 15.8. The number of esters is 1. The zero-order chi connectivity index (χ0) is 21.4. The van der Waals surface area contributed by atoms with Crippen LogP contribution >= 0.6 is 15.9 Å². The van der Waals surface area contributed by atoms with E-state index in [0.717, 1.165) is 0 Å². The van der Waals surface area contributed by atoms with E-state index >= 15 is 0 Å². The maximum atomic E-state index is 11.8. The number of halogens is 1. The molecule has 10 nitrogen and oxygen atoms in total. The first kappa shape index (κ1) is 21.8. The molecule has 152 valence electrons. The van der Waals surface area contributed by atoms with Crippen LogP contribution in [0.1, 0.15) is 12.5 Å². The molecule has 0 spiro atoms. The normalized spacial score (nSPS) is 10.4. The topological polar surface area (TPSA) is 129 Å². The SMILES string of the molecule is COc1cc(/C=N/NC(=O)COc2ccc([N+](=O)[O-])cc2Br)ccc1OC(C)=O. The average molecular weight is 466 g/mol. The van der Waals surface area contributed by atoms with E-state index in [0.29, 0.717) is 15.8 Å². The number of non-ortho nitro benzene ring substituents is 1. The molecule has 0 fully saturated rings. The highest BCUT2D eigenvalue weighted by Crippen LogP contribution is 2.29. The second-order valence-corrected chi connectivity index (χ2v) is 6.31. The summed E-state index contributed by atoms with van der Waals surface area (Å²) in [7, 11) is 1.43. The largest absolute Gasteiger partial charge is 0.493 e. The molecule has 2 aromatic rings. The Labute approximate surface area is 173 Å². The minimum absolute atomic E-state index is 0.103. The molecule has 0 aliphatic carbocycles. The van der Waals surface area contributed by atoms with Crippen LogP contribution < -0.4 is 19.6 Å². The summed E-state index contributed by atoms with van der Waals surface area (Å²) >= 11 is 3.15. The van der Waals surface area contributed by atoms with Gasteiger partial charge in [-0.1, -0.05) is 0 Å². The Morgan fingerprint density at radius 3 is 2.55 bits per heavy atom. The molecule has 0 bridgehead atoms. The number of nitro groups is 1. The van der Waals surface area contributed by atoms with Crippen molar-refractivity contribution in [1.29, 1.82) is 0 Å². The first-order valence-corrected chi connectivity index (χ1v) is 8.84. The molecule has 1 amide bonds. The molecule has 0 saturated carbocycles. The highest BCUT2D eigenvalue weighted by Gasteiger charge is 2.11. The molecule has 0 aromatic heterocycles. The van der Waals surface area contributed by atoms with Gasteiger partial charge in [0, 0.05) is 19.1 Å². The van der Waals surface area contributed by atoms with Crippen LogP contribution in [0.3, 0.4) is 0 Å². The lowest BCUT2D eigenvalue weighted by atomic mass is 10.2. The number of nitrogens with zero attached hydrogens (tertiary/aromatic N) is 2.